The van der Waals surface area contributed by atoms with Crippen LogP contribution in [0.2, 0.25) is 0 Å². The quantitative estimate of drug-likeness (QED) is 0.748. The van der Waals surface area contributed by atoms with Crippen molar-refractivity contribution in [3.05, 3.63) is 53.9 Å². The average molecular weight is 375 g/mol. The second kappa shape index (κ2) is 6.57. The van der Waals surface area contributed by atoms with Gasteiger partial charge >= 0.3 is 6.18 Å². The molecule has 0 radical (unpaired) electrons. The molecule has 1 aromatic carbocycles. The van der Waals surface area contributed by atoms with Crippen LogP contribution in [0.15, 0.2) is 42.7 Å². The van der Waals surface area contributed by atoms with Gasteiger partial charge in [0.25, 0.3) is 5.91 Å². The van der Waals surface area contributed by atoms with E-state index in [-0.39, 0.29) is 5.91 Å². The first-order valence-electron chi connectivity index (χ1n) is 8.43. The topological polar surface area (TPSA) is 65.1 Å². The van der Waals surface area contributed by atoms with E-state index in [4.69, 9.17) is 0 Å². The Labute approximate surface area is 152 Å². The fraction of sp³-hybridized carbons (Fsp3) is 0.278. The van der Waals surface area contributed by atoms with E-state index in [1.807, 2.05) is 17.0 Å². The van der Waals surface area contributed by atoms with Gasteiger partial charge in [-0.2, -0.15) is 18.3 Å². The second-order valence-corrected chi connectivity index (χ2v) is 6.32. The number of nitrogens with one attached hydrogen (secondary N) is 1. The molecule has 1 fully saturated rings. The number of hydrogen-bond acceptors (Lipinski definition) is 4. The van der Waals surface area contributed by atoms with Crippen LogP contribution in [0.1, 0.15) is 15.9 Å². The summed E-state index contributed by atoms with van der Waals surface area (Å²) < 4.78 is 37.9. The van der Waals surface area contributed by atoms with Crippen LogP contribution in [0.5, 0.6) is 0 Å². The highest BCUT2D eigenvalue weighted by Gasteiger charge is 2.31. The predicted molar refractivity (Wildman–Crippen MR) is 93.4 cm³/mol. The Morgan fingerprint density at radius 3 is 2.48 bits per heavy atom. The summed E-state index contributed by atoms with van der Waals surface area (Å²) in [6.45, 7) is 1.93. The largest absolute Gasteiger partial charge is 0.417 e. The Morgan fingerprint density at radius 1 is 1.04 bits per heavy atom. The highest BCUT2D eigenvalue weighted by atomic mass is 19.4. The minimum atomic E-state index is -4.40. The molecule has 27 heavy (non-hydrogen) atoms. The van der Waals surface area contributed by atoms with Crippen LogP contribution >= 0.6 is 0 Å². The van der Waals surface area contributed by atoms with E-state index in [1.54, 1.807) is 17.2 Å². The lowest BCUT2D eigenvalue weighted by molar-refractivity contribution is -0.137. The fourth-order valence-electron chi connectivity index (χ4n) is 3.20. The fourth-order valence-corrected chi connectivity index (χ4v) is 3.20. The van der Waals surface area contributed by atoms with Gasteiger partial charge in [-0.25, -0.2) is 4.98 Å². The van der Waals surface area contributed by atoms with Gasteiger partial charge in [-0.15, -0.1) is 0 Å². The predicted octanol–water partition coefficient (Wildman–Crippen LogP) is 2.94. The zero-order valence-corrected chi connectivity index (χ0v) is 14.2. The standard InChI is InChI=1S/C18H16F3N5O/c19-18(20,21)13-4-5-15(22-11-13)25-6-8-26(9-7-25)17(27)14-3-1-2-12-10-23-24-16(12)14/h1-5,10-11H,6-9H2,(H,23,24). The number of pyridine rings is 1. The molecule has 4 rings (SSSR count). The molecule has 3 heterocycles. The van der Waals surface area contributed by atoms with E-state index in [1.165, 1.54) is 6.07 Å². The maximum atomic E-state index is 12.8. The number of hydrogen-bond donors (Lipinski definition) is 1. The first-order valence-corrected chi connectivity index (χ1v) is 8.43. The average Bonchev–Trinajstić information content (AvgIpc) is 3.16. The SMILES string of the molecule is O=C(c1cccc2cn[nH]c12)N1CCN(c2ccc(C(F)(F)F)cn2)CC1. The van der Waals surface area contributed by atoms with Crippen molar-refractivity contribution < 1.29 is 18.0 Å². The summed E-state index contributed by atoms with van der Waals surface area (Å²) >= 11 is 0. The number of carbonyl (C=O) groups is 1. The molecule has 1 amide bonds. The Hall–Kier alpha value is -3.10. The second-order valence-electron chi connectivity index (χ2n) is 6.32. The molecule has 1 saturated heterocycles. The van der Waals surface area contributed by atoms with Crippen molar-refractivity contribution >= 4 is 22.6 Å². The highest BCUT2D eigenvalue weighted by molar-refractivity contribution is 6.05. The number of fused-ring (bicyclic) bond motifs is 1. The Balaban J connectivity index is 1.44. The Bertz CT molecular complexity index is 959. The van der Waals surface area contributed by atoms with Gasteiger partial charge in [0, 0.05) is 37.8 Å². The maximum absolute atomic E-state index is 12.8. The molecule has 0 saturated carbocycles. The summed E-state index contributed by atoms with van der Waals surface area (Å²) in [4.78, 5) is 20.4. The summed E-state index contributed by atoms with van der Waals surface area (Å²) in [5, 5.41) is 7.69. The van der Waals surface area contributed by atoms with Crippen LogP contribution in [0.4, 0.5) is 19.0 Å². The van der Waals surface area contributed by atoms with Crippen LogP contribution in [0, 0.1) is 0 Å². The summed E-state index contributed by atoms with van der Waals surface area (Å²) in [6, 6.07) is 7.84. The van der Waals surface area contributed by atoms with Crippen molar-refractivity contribution in [3.63, 3.8) is 0 Å². The van der Waals surface area contributed by atoms with Gasteiger partial charge in [0.15, 0.2) is 0 Å². The Kier molecular flexibility index (Phi) is 4.21. The van der Waals surface area contributed by atoms with Crippen molar-refractivity contribution in [3.8, 4) is 0 Å². The Morgan fingerprint density at radius 2 is 1.81 bits per heavy atom. The number of para-hydroxylation sites is 1. The minimum Gasteiger partial charge on any atom is -0.353 e. The summed E-state index contributed by atoms with van der Waals surface area (Å²) in [6.07, 6.45) is -1.89. The normalized spacial score (nSPS) is 15.4. The zero-order chi connectivity index (χ0) is 19.0. The monoisotopic (exact) mass is 375 g/mol. The molecule has 1 aliphatic heterocycles. The maximum Gasteiger partial charge on any atom is 0.417 e. The van der Waals surface area contributed by atoms with Gasteiger partial charge in [-0.05, 0) is 18.2 Å². The van der Waals surface area contributed by atoms with Crippen molar-refractivity contribution in [2.75, 3.05) is 31.1 Å². The van der Waals surface area contributed by atoms with Crippen molar-refractivity contribution in [1.29, 1.82) is 0 Å². The van der Waals surface area contributed by atoms with Crippen LogP contribution in [0.25, 0.3) is 10.9 Å². The number of H-pyrrole nitrogens is 1. The zero-order valence-electron chi connectivity index (χ0n) is 14.2. The molecule has 9 heteroatoms. The summed E-state index contributed by atoms with van der Waals surface area (Å²) in [5.74, 6) is 0.385. The van der Waals surface area contributed by atoms with Crippen molar-refractivity contribution in [2.24, 2.45) is 0 Å². The van der Waals surface area contributed by atoms with Crippen LogP contribution in [-0.4, -0.2) is 52.2 Å². The number of carbonyl (C=O) groups excluding carboxylic acids is 1. The third kappa shape index (κ3) is 3.32. The molecule has 1 aliphatic rings. The number of anilines is 1. The first-order chi connectivity index (χ1) is 12.9. The van der Waals surface area contributed by atoms with E-state index in [0.717, 1.165) is 17.6 Å². The van der Waals surface area contributed by atoms with Gasteiger partial charge in [-0.3, -0.25) is 9.89 Å². The van der Waals surface area contributed by atoms with E-state index in [9.17, 15) is 18.0 Å². The third-order valence-electron chi connectivity index (χ3n) is 4.67. The molecule has 140 valence electrons. The van der Waals surface area contributed by atoms with Crippen LogP contribution in [0.3, 0.4) is 0 Å². The van der Waals surface area contributed by atoms with E-state index < -0.39 is 11.7 Å². The molecule has 0 spiro atoms. The number of rotatable bonds is 2. The molecule has 2 aromatic heterocycles. The lowest BCUT2D eigenvalue weighted by Gasteiger charge is -2.35. The first kappa shape index (κ1) is 17.3. The van der Waals surface area contributed by atoms with Gasteiger partial charge in [0.2, 0.25) is 0 Å². The lowest BCUT2D eigenvalue weighted by atomic mass is 10.1. The number of amides is 1. The molecule has 0 unspecified atom stereocenters. The van der Waals surface area contributed by atoms with E-state index in [0.29, 0.717) is 43.1 Å². The van der Waals surface area contributed by atoms with Gasteiger partial charge in [0.1, 0.15) is 5.82 Å². The third-order valence-corrected chi connectivity index (χ3v) is 4.67. The summed E-state index contributed by atoms with van der Waals surface area (Å²) in [7, 11) is 0. The van der Waals surface area contributed by atoms with Gasteiger partial charge in [-0.1, -0.05) is 12.1 Å². The van der Waals surface area contributed by atoms with Gasteiger partial charge < -0.3 is 9.80 Å². The van der Waals surface area contributed by atoms with Crippen LogP contribution in [-0.2, 0) is 6.18 Å². The highest BCUT2D eigenvalue weighted by Crippen LogP contribution is 2.29. The smallest absolute Gasteiger partial charge is 0.353 e. The molecule has 0 bridgehead atoms. The van der Waals surface area contributed by atoms with Crippen molar-refractivity contribution in [1.82, 2.24) is 20.1 Å². The number of aromatic nitrogens is 3. The number of halogens is 3. The number of nitrogens with zero attached hydrogens (tertiary/aromatic N) is 4. The van der Waals surface area contributed by atoms with Gasteiger partial charge in [0.05, 0.1) is 22.8 Å². The molecule has 3 aromatic rings. The van der Waals surface area contributed by atoms with Crippen LogP contribution < -0.4 is 4.90 Å². The number of benzene rings is 1. The molecule has 6 nitrogen and oxygen atoms in total. The van der Waals surface area contributed by atoms with E-state index in [2.05, 4.69) is 15.2 Å². The number of aromatic amines is 1. The van der Waals surface area contributed by atoms with Crippen molar-refractivity contribution in [2.45, 2.75) is 6.18 Å². The minimum absolute atomic E-state index is 0.0927. The molecule has 0 aliphatic carbocycles. The molecular weight excluding hydrogens is 359 g/mol. The lowest BCUT2D eigenvalue weighted by Crippen LogP contribution is -2.49. The molecule has 1 N–H and O–H groups in total. The summed E-state index contributed by atoms with van der Waals surface area (Å²) in [5.41, 5.74) is 0.494. The molecular formula is C18H16F3N5O. The number of alkyl halides is 3. The van der Waals surface area contributed by atoms with E-state index >= 15 is 0 Å². The number of piperazine rings is 1. The molecule has 0 atom stereocenters.